The Morgan fingerprint density at radius 1 is 1.08 bits per heavy atom. The van der Waals surface area contributed by atoms with Gasteiger partial charge in [0, 0.05) is 6.61 Å². The maximum absolute atomic E-state index is 5.84. The molecule has 0 spiro atoms. The summed E-state index contributed by atoms with van der Waals surface area (Å²) in [6.07, 6.45) is 8.08. The van der Waals surface area contributed by atoms with E-state index in [1.165, 1.54) is 32.1 Å². The topological polar surface area (TPSA) is 9.23 Å². The molecule has 0 heterocycles. The Hall–Kier alpha value is -0.0400. The van der Waals surface area contributed by atoms with E-state index in [0.717, 1.165) is 30.3 Å². The van der Waals surface area contributed by atoms with Crippen LogP contribution in [0.15, 0.2) is 0 Å². The molecule has 0 aromatic carbocycles. The van der Waals surface area contributed by atoms with Crippen molar-refractivity contribution in [2.24, 2.45) is 23.7 Å². The quantitative estimate of drug-likeness (QED) is 0.635. The molecule has 3 aliphatic carbocycles. The fourth-order valence-electron chi connectivity index (χ4n) is 4.41. The first-order valence-electron chi connectivity index (χ1n) is 6.01. The van der Waals surface area contributed by atoms with Crippen LogP contribution in [-0.2, 0) is 4.74 Å². The van der Waals surface area contributed by atoms with Crippen LogP contribution in [0.2, 0.25) is 0 Å². The minimum atomic E-state index is 0.648. The molecular weight excluding hydrogens is 160 g/mol. The summed E-state index contributed by atoms with van der Waals surface area (Å²) >= 11 is 0. The van der Waals surface area contributed by atoms with Gasteiger partial charge in [-0.15, -0.1) is 0 Å². The predicted molar refractivity (Wildman–Crippen MR) is 52.5 cm³/mol. The second-order valence-electron chi connectivity index (χ2n) is 5.15. The van der Waals surface area contributed by atoms with Crippen molar-refractivity contribution in [3.63, 3.8) is 0 Å². The lowest BCUT2D eigenvalue weighted by molar-refractivity contribution is -0.00383. The van der Waals surface area contributed by atoms with Crippen LogP contribution >= 0.6 is 0 Å². The smallest absolute Gasteiger partial charge is 0.0608 e. The van der Waals surface area contributed by atoms with Crippen molar-refractivity contribution in [3.05, 3.63) is 0 Å². The number of hydrogen-bond donors (Lipinski definition) is 0. The lowest BCUT2D eigenvalue weighted by Gasteiger charge is -2.31. The third-order valence-corrected chi connectivity index (χ3v) is 4.75. The van der Waals surface area contributed by atoms with Gasteiger partial charge in [0.15, 0.2) is 0 Å². The van der Waals surface area contributed by atoms with E-state index in [0.29, 0.717) is 6.10 Å². The highest BCUT2D eigenvalue weighted by Gasteiger charge is 2.53. The molecule has 74 valence electrons. The van der Waals surface area contributed by atoms with Crippen molar-refractivity contribution in [3.8, 4) is 0 Å². The molecule has 0 amide bonds. The molecule has 3 rings (SSSR count). The van der Waals surface area contributed by atoms with Gasteiger partial charge in [0.25, 0.3) is 0 Å². The molecule has 3 saturated carbocycles. The second kappa shape index (κ2) is 2.98. The van der Waals surface area contributed by atoms with Crippen LogP contribution in [0.1, 0.15) is 39.0 Å². The summed E-state index contributed by atoms with van der Waals surface area (Å²) in [5.74, 6) is 4.18. The molecule has 0 aromatic heterocycles. The summed E-state index contributed by atoms with van der Waals surface area (Å²) in [7, 11) is 0. The van der Waals surface area contributed by atoms with Crippen LogP contribution in [0.3, 0.4) is 0 Å². The fourth-order valence-corrected chi connectivity index (χ4v) is 4.41. The van der Waals surface area contributed by atoms with Crippen LogP contribution < -0.4 is 0 Å². The Balaban J connectivity index is 1.74. The third kappa shape index (κ3) is 1.09. The van der Waals surface area contributed by atoms with Crippen molar-refractivity contribution in [2.45, 2.75) is 45.1 Å². The number of hydrogen-bond acceptors (Lipinski definition) is 1. The highest BCUT2D eigenvalue weighted by atomic mass is 16.5. The van der Waals surface area contributed by atoms with Gasteiger partial charge in [0.2, 0.25) is 0 Å². The standard InChI is InChI=1S/C12H20O/c1-2-13-12-7-8-6-11(12)10-5-3-4-9(8)10/h8-12H,2-7H2,1H3/t8-,9+,10+,11-,12+/m1/s1. The molecule has 1 nitrogen and oxygen atoms in total. The van der Waals surface area contributed by atoms with Crippen molar-refractivity contribution in [2.75, 3.05) is 6.61 Å². The van der Waals surface area contributed by atoms with Crippen molar-refractivity contribution >= 4 is 0 Å². The van der Waals surface area contributed by atoms with Gasteiger partial charge in [0.05, 0.1) is 6.10 Å². The first-order valence-corrected chi connectivity index (χ1v) is 6.01. The molecule has 0 N–H and O–H groups in total. The van der Waals surface area contributed by atoms with Gasteiger partial charge in [0.1, 0.15) is 0 Å². The van der Waals surface area contributed by atoms with Gasteiger partial charge in [-0.25, -0.2) is 0 Å². The fraction of sp³-hybridized carbons (Fsp3) is 1.00. The molecule has 13 heavy (non-hydrogen) atoms. The van der Waals surface area contributed by atoms with E-state index in [-0.39, 0.29) is 0 Å². The van der Waals surface area contributed by atoms with Crippen LogP contribution in [0, 0.1) is 23.7 Å². The minimum absolute atomic E-state index is 0.648. The Morgan fingerprint density at radius 2 is 1.92 bits per heavy atom. The normalized spacial score (nSPS) is 52.8. The Bertz CT molecular complexity index is 201. The summed E-state index contributed by atoms with van der Waals surface area (Å²) in [4.78, 5) is 0. The van der Waals surface area contributed by atoms with Gasteiger partial charge in [-0.05, 0) is 56.3 Å². The van der Waals surface area contributed by atoms with Gasteiger partial charge in [-0.1, -0.05) is 6.42 Å². The summed E-state index contributed by atoms with van der Waals surface area (Å²) < 4.78 is 5.84. The van der Waals surface area contributed by atoms with Crippen LogP contribution in [0.4, 0.5) is 0 Å². The Labute approximate surface area is 80.8 Å². The Morgan fingerprint density at radius 3 is 2.77 bits per heavy atom. The minimum Gasteiger partial charge on any atom is -0.378 e. The molecular formula is C12H20O. The number of fused-ring (bicyclic) bond motifs is 5. The molecule has 0 saturated heterocycles. The monoisotopic (exact) mass is 180 g/mol. The summed E-state index contributed by atoms with van der Waals surface area (Å²) in [5.41, 5.74) is 0. The van der Waals surface area contributed by atoms with Crippen molar-refractivity contribution in [1.82, 2.24) is 0 Å². The molecule has 0 radical (unpaired) electrons. The largest absolute Gasteiger partial charge is 0.378 e. The van der Waals surface area contributed by atoms with E-state index >= 15 is 0 Å². The zero-order valence-corrected chi connectivity index (χ0v) is 8.54. The van der Waals surface area contributed by atoms with Crippen molar-refractivity contribution < 1.29 is 4.74 Å². The van der Waals surface area contributed by atoms with Gasteiger partial charge < -0.3 is 4.74 Å². The van der Waals surface area contributed by atoms with Gasteiger partial charge >= 0.3 is 0 Å². The molecule has 3 fully saturated rings. The van der Waals surface area contributed by atoms with Crippen LogP contribution in [0.25, 0.3) is 0 Å². The summed E-state index contributed by atoms with van der Waals surface area (Å²) in [6, 6.07) is 0. The van der Waals surface area contributed by atoms with E-state index in [2.05, 4.69) is 6.92 Å². The van der Waals surface area contributed by atoms with Crippen molar-refractivity contribution in [1.29, 1.82) is 0 Å². The first-order chi connectivity index (χ1) is 6.40. The lowest BCUT2D eigenvalue weighted by atomic mass is 9.80. The molecule has 2 bridgehead atoms. The zero-order valence-electron chi connectivity index (χ0n) is 8.54. The van der Waals surface area contributed by atoms with E-state index in [1.807, 2.05) is 0 Å². The summed E-state index contributed by atoms with van der Waals surface area (Å²) in [6.45, 7) is 3.06. The van der Waals surface area contributed by atoms with E-state index in [4.69, 9.17) is 4.74 Å². The maximum Gasteiger partial charge on any atom is 0.0608 e. The highest BCUT2D eigenvalue weighted by Crippen LogP contribution is 2.59. The molecule has 0 unspecified atom stereocenters. The molecule has 0 aromatic rings. The highest BCUT2D eigenvalue weighted by molar-refractivity contribution is 5.03. The van der Waals surface area contributed by atoms with Gasteiger partial charge in [-0.2, -0.15) is 0 Å². The molecule has 1 heteroatoms. The number of ether oxygens (including phenoxy) is 1. The molecule has 3 aliphatic rings. The van der Waals surface area contributed by atoms with Gasteiger partial charge in [-0.3, -0.25) is 0 Å². The van der Waals surface area contributed by atoms with E-state index in [1.54, 1.807) is 0 Å². The second-order valence-corrected chi connectivity index (χ2v) is 5.15. The summed E-state index contributed by atoms with van der Waals surface area (Å²) in [5, 5.41) is 0. The van der Waals surface area contributed by atoms with E-state index < -0.39 is 0 Å². The SMILES string of the molecule is CCO[C@H]1C[C@H]2C[C@@H]1[C@H]1CCC[C@@H]21. The zero-order chi connectivity index (χ0) is 8.84. The predicted octanol–water partition coefficient (Wildman–Crippen LogP) is 2.85. The van der Waals surface area contributed by atoms with E-state index in [9.17, 15) is 0 Å². The average Bonchev–Trinajstić information content (AvgIpc) is 2.72. The lowest BCUT2D eigenvalue weighted by Crippen LogP contribution is -2.30. The molecule has 5 atom stereocenters. The average molecular weight is 180 g/mol. The first kappa shape index (κ1) is 8.28. The van der Waals surface area contributed by atoms with Crippen LogP contribution in [0.5, 0.6) is 0 Å². The Kier molecular flexibility index (Phi) is 1.90. The molecule has 0 aliphatic heterocycles. The number of rotatable bonds is 2. The van der Waals surface area contributed by atoms with Crippen LogP contribution in [-0.4, -0.2) is 12.7 Å². The maximum atomic E-state index is 5.84. The third-order valence-electron chi connectivity index (χ3n) is 4.75.